The number of aryl methyl sites for hydroxylation is 1. The van der Waals surface area contributed by atoms with E-state index < -0.39 is 13.1 Å². The van der Waals surface area contributed by atoms with Crippen LogP contribution in [0.1, 0.15) is 21.5 Å². The Bertz CT molecular complexity index is 788. The van der Waals surface area contributed by atoms with Gasteiger partial charge in [0.05, 0.1) is 5.15 Å². The first-order chi connectivity index (χ1) is 12.0. The average molecular weight is 380 g/mol. The summed E-state index contributed by atoms with van der Waals surface area (Å²) < 4.78 is 6.24. The van der Waals surface area contributed by atoms with Crippen molar-refractivity contribution in [2.24, 2.45) is 5.73 Å². The highest BCUT2D eigenvalue weighted by Gasteiger charge is 2.38. The number of hydrogen-bond donors (Lipinski definition) is 4. The van der Waals surface area contributed by atoms with E-state index in [9.17, 15) is 14.9 Å². The quantitative estimate of drug-likeness (QED) is 0.543. The summed E-state index contributed by atoms with van der Waals surface area (Å²) in [5.74, 6) is -0.813. The molecular weight excluding hydrogens is 363 g/mol. The van der Waals surface area contributed by atoms with Crippen LogP contribution in [-0.4, -0.2) is 51.7 Å². The Morgan fingerprint density at radius 1 is 1.56 bits per heavy atom. The number of fused-ring (bicyclic) bond motifs is 1. The zero-order valence-electron chi connectivity index (χ0n) is 13.4. The molecule has 2 heterocycles. The first-order valence-corrected chi connectivity index (χ1v) is 9.33. The molecule has 1 atom stereocenters. The highest BCUT2D eigenvalue weighted by Crippen LogP contribution is 2.38. The first-order valence-electron chi connectivity index (χ1n) is 7.64. The number of carboxylic acid groups (broad SMARTS) is 1. The van der Waals surface area contributed by atoms with Gasteiger partial charge in [-0.1, -0.05) is 35.2 Å². The number of carboxylic acids is 1. The zero-order chi connectivity index (χ0) is 18.0. The van der Waals surface area contributed by atoms with Crippen molar-refractivity contribution >= 4 is 41.3 Å². The van der Waals surface area contributed by atoms with Gasteiger partial charge in [-0.25, -0.2) is 4.79 Å². The van der Waals surface area contributed by atoms with Crippen molar-refractivity contribution in [3.05, 3.63) is 28.8 Å². The van der Waals surface area contributed by atoms with Gasteiger partial charge in [0.15, 0.2) is 4.34 Å². The highest BCUT2D eigenvalue weighted by molar-refractivity contribution is 8.02. The van der Waals surface area contributed by atoms with Gasteiger partial charge in [-0.2, -0.15) is 0 Å². The summed E-state index contributed by atoms with van der Waals surface area (Å²) in [6, 6.07) is 3.59. The third kappa shape index (κ3) is 3.89. The van der Waals surface area contributed by atoms with Gasteiger partial charge < -0.3 is 25.8 Å². The monoisotopic (exact) mass is 380 g/mol. The van der Waals surface area contributed by atoms with E-state index in [-0.39, 0.29) is 16.5 Å². The number of thioether (sulfide) groups is 1. The molecule has 1 aromatic carbocycles. The predicted octanol–water partition coefficient (Wildman–Crippen LogP) is 1.03. The second-order valence-electron chi connectivity index (χ2n) is 5.51. The van der Waals surface area contributed by atoms with Gasteiger partial charge in [0.1, 0.15) is 11.3 Å². The smallest absolute Gasteiger partial charge is 0.535 e. The van der Waals surface area contributed by atoms with Crippen molar-refractivity contribution in [1.29, 1.82) is 0 Å². The van der Waals surface area contributed by atoms with Gasteiger partial charge in [0.25, 0.3) is 0 Å². The van der Waals surface area contributed by atoms with E-state index in [0.717, 1.165) is 5.56 Å². The van der Waals surface area contributed by atoms with Crippen LogP contribution < -0.4 is 15.7 Å². The standard InChI is InChI=1S/C14H17BN4O4S2/c1-7-2-3-8-6-9(15(22)23-11(8)10(7)12(20)21)24-14-19-18-13(25-14)17-5-4-16/h2-3,9,22H,4-6,16H2,1H3,(H,17,18)(H,20,21)/t9-/m0/s1. The molecule has 1 aliphatic heterocycles. The number of hydrogen-bond acceptors (Lipinski definition) is 9. The molecule has 0 saturated heterocycles. The number of benzene rings is 1. The lowest BCUT2D eigenvalue weighted by Gasteiger charge is -2.27. The molecule has 11 heteroatoms. The molecule has 1 aliphatic rings. The third-order valence-electron chi connectivity index (χ3n) is 3.72. The van der Waals surface area contributed by atoms with Crippen LogP contribution in [0.2, 0.25) is 0 Å². The fourth-order valence-corrected chi connectivity index (χ4v) is 4.62. The van der Waals surface area contributed by atoms with Crippen LogP contribution in [0.4, 0.5) is 5.13 Å². The Labute approximate surface area is 152 Å². The summed E-state index contributed by atoms with van der Waals surface area (Å²) in [7, 11) is -1.12. The van der Waals surface area contributed by atoms with Crippen LogP contribution in [0.5, 0.6) is 5.75 Å². The van der Waals surface area contributed by atoms with E-state index in [1.54, 1.807) is 13.0 Å². The summed E-state index contributed by atoms with van der Waals surface area (Å²) in [5, 5.41) is 31.2. The minimum Gasteiger partial charge on any atom is -0.535 e. The lowest BCUT2D eigenvalue weighted by molar-refractivity contribution is 0.0693. The lowest BCUT2D eigenvalue weighted by atomic mass is 9.77. The van der Waals surface area contributed by atoms with Crippen LogP contribution in [0.3, 0.4) is 0 Å². The van der Waals surface area contributed by atoms with Gasteiger partial charge in [-0.3, -0.25) is 0 Å². The molecule has 0 spiro atoms. The molecule has 8 nitrogen and oxygen atoms in total. The zero-order valence-corrected chi connectivity index (χ0v) is 15.1. The minimum absolute atomic E-state index is 0.101. The minimum atomic E-state index is -1.12. The summed E-state index contributed by atoms with van der Waals surface area (Å²) in [6.45, 7) is 2.82. The van der Waals surface area contributed by atoms with Gasteiger partial charge in [0, 0.05) is 13.1 Å². The summed E-state index contributed by atoms with van der Waals surface area (Å²) in [6.07, 6.45) is 0.479. The largest absolute Gasteiger partial charge is 0.537 e. The summed E-state index contributed by atoms with van der Waals surface area (Å²) in [4.78, 5) is 11.5. The maximum absolute atomic E-state index is 11.5. The van der Waals surface area contributed by atoms with E-state index in [1.807, 2.05) is 6.07 Å². The molecule has 0 bridgehead atoms. The topological polar surface area (TPSA) is 131 Å². The number of aromatic nitrogens is 2. The van der Waals surface area contributed by atoms with Crippen LogP contribution in [-0.2, 0) is 6.42 Å². The van der Waals surface area contributed by atoms with Crippen molar-refractivity contribution in [2.75, 3.05) is 18.4 Å². The number of anilines is 1. The Kier molecular flexibility index (Phi) is 5.47. The number of carbonyl (C=O) groups is 1. The molecule has 132 valence electrons. The Hall–Kier alpha value is -1.82. The van der Waals surface area contributed by atoms with E-state index in [0.29, 0.717) is 34.5 Å². The van der Waals surface area contributed by atoms with Crippen LogP contribution in [0.25, 0.3) is 0 Å². The number of nitrogens with zero attached hydrogens (tertiary/aromatic N) is 2. The fraction of sp³-hybridized carbons (Fsp3) is 0.357. The van der Waals surface area contributed by atoms with E-state index in [2.05, 4.69) is 15.5 Å². The maximum Gasteiger partial charge on any atom is 0.537 e. The normalized spacial score (nSPS) is 16.3. The molecule has 1 aromatic heterocycles. The average Bonchev–Trinajstić information content (AvgIpc) is 3.01. The van der Waals surface area contributed by atoms with E-state index in [1.165, 1.54) is 23.1 Å². The molecule has 0 unspecified atom stereocenters. The van der Waals surface area contributed by atoms with Crippen molar-refractivity contribution < 1.29 is 19.6 Å². The Morgan fingerprint density at radius 2 is 2.36 bits per heavy atom. The third-order valence-corrected chi connectivity index (χ3v) is 5.92. The summed E-state index contributed by atoms with van der Waals surface area (Å²) >= 11 is 2.73. The molecule has 5 N–H and O–H groups in total. The molecule has 0 radical (unpaired) electrons. The molecule has 2 aromatic rings. The Balaban J connectivity index is 1.77. The lowest BCUT2D eigenvalue weighted by Crippen LogP contribution is -2.40. The van der Waals surface area contributed by atoms with Crippen molar-refractivity contribution in [3.63, 3.8) is 0 Å². The van der Waals surface area contributed by atoms with Gasteiger partial charge in [0.2, 0.25) is 5.13 Å². The molecule has 0 fully saturated rings. The van der Waals surface area contributed by atoms with Gasteiger partial charge in [-0.05, 0) is 24.5 Å². The Morgan fingerprint density at radius 3 is 3.08 bits per heavy atom. The fourth-order valence-electron chi connectivity index (χ4n) is 2.54. The molecule has 25 heavy (non-hydrogen) atoms. The van der Waals surface area contributed by atoms with Crippen LogP contribution in [0.15, 0.2) is 16.5 Å². The second-order valence-corrected chi connectivity index (χ2v) is 7.97. The summed E-state index contributed by atoms with van der Waals surface area (Å²) in [5.41, 5.74) is 6.90. The van der Waals surface area contributed by atoms with Crippen LogP contribution >= 0.6 is 23.1 Å². The van der Waals surface area contributed by atoms with E-state index in [4.69, 9.17) is 10.4 Å². The van der Waals surface area contributed by atoms with Crippen molar-refractivity contribution in [3.8, 4) is 5.75 Å². The van der Waals surface area contributed by atoms with Crippen LogP contribution in [0, 0.1) is 6.92 Å². The molecule has 3 rings (SSSR count). The van der Waals surface area contributed by atoms with Crippen molar-refractivity contribution in [2.45, 2.75) is 22.8 Å². The first kappa shape index (κ1) is 18.0. The van der Waals surface area contributed by atoms with E-state index >= 15 is 0 Å². The molecule has 0 saturated carbocycles. The predicted molar refractivity (Wildman–Crippen MR) is 97.5 cm³/mol. The number of aromatic carboxylic acids is 1. The maximum atomic E-state index is 11.5. The van der Waals surface area contributed by atoms with Gasteiger partial charge in [-0.15, -0.1) is 10.2 Å². The molecule has 0 amide bonds. The number of nitrogens with one attached hydrogen (secondary N) is 1. The second kappa shape index (κ2) is 7.60. The number of rotatable bonds is 6. The van der Waals surface area contributed by atoms with Gasteiger partial charge >= 0.3 is 13.1 Å². The SMILES string of the molecule is Cc1ccc2c(c1C(=O)O)OB(O)[C@@H](Sc1nnc(NCCN)s1)C2. The van der Waals surface area contributed by atoms with Crippen molar-refractivity contribution in [1.82, 2.24) is 10.2 Å². The molecular formula is C14H17BN4O4S2. The number of nitrogens with two attached hydrogens (primary N) is 1. The molecule has 0 aliphatic carbocycles. The highest BCUT2D eigenvalue weighted by atomic mass is 32.2.